The van der Waals surface area contributed by atoms with E-state index in [0.717, 1.165) is 18.4 Å². The summed E-state index contributed by atoms with van der Waals surface area (Å²) in [5, 5.41) is 6.14. The molecule has 0 aromatic heterocycles. The van der Waals surface area contributed by atoms with Crippen LogP contribution >= 0.6 is 0 Å². The van der Waals surface area contributed by atoms with Gasteiger partial charge in [0.25, 0.3) is 5.91 Å². The van der Waals surface area contributed by atoms with Crippen LogP contribution in [0.15, 0.2) is 59.5 Å². The number of urea groups is 2. The Hall–Kier alpha value is -3.48. The number of imide groups is 1. The van der Waals surface area contributed by atoms with E-state index in [2.05, 4.69) is 15.5 Å². The molecule has 0 saturated carbocycles. The van der Waals surface area contributed by atoms with Crippen molar-refractivity contribution in [1.29, 1.82) is 0 Å². The molecule has 0 bridgehead atoms. The lowest BCUT2D eigenvalue weighted by atomic mass is 9.87. The third-order valence-corrected chi connectivity index (χ3v) is 9.31. The van der Waals surface area contributed by atoms with Gasteiger partial charge >= 0.3 is 12.1 Å². The molecule has 11 nitrogen and oxygen atoms in total. The molecule has 0 unspecified atom stereocenters. The van der Waals surface area contributed by atoms with Gasteiger partial charge in [-0.1, -0.05) is 42.5 Å². The van der Waals surface area contributed by atoms with E-state index in [9.17, 15) is 22.8 Å². The van der Waals surface area contributed by atoms with Gasteiger partial charge in [-0.2, -0.15) is 0 Å². The summed E-state index contributed by atoms with van der Waals surface area (Å²) in [6.45, 7) is 4.33. The molecule has 3 fully saturated rings. The van der Waals surface area contributed by atoms with Crippen LogP contribution in [-0.4, -0.2) is 98.8 Å². The monoisotopic (exact) mass is 583 g/mol. The van der Waals surface area contributed by atoms with E-state index in [4.69, 9.17) is 4.74 Å². The predicted octanol–water partition coefficient (Wildman–Crippen LogP) is 2.15. The molecule has 12 heteroatoms. The van der Waals surface area contributed by atoms with Crippen LogP contribution < -0.4 is 10.6 Å². The van der Waals surface area contributed by atoms with E-state index in [1.54, 1.807) is 17.0 Å². The zero-order chi connectivity index (χ0) is 29.0. The first-order valence-corrected chi connectivity index (χ1v) is 15.9. The smallest absolute Gasteiger partial charge is 0.325 e. The van der Waals surface area contributed by atoms with E-state index >= 15 is 0 Å². The van der Waals surface area contributed by atoms with Crippen molar-refractivity contribution in [2.24, 2.45) is 0 Å². The number of morpholine rings is 1. The number of carbonyl (C=O) groups excluding carboxylic acids is 3. The summed E-state index contributed by atoms with van der Waals surface area (Å²) in [5.74, 6) is -0.241. The second kappa shape index (κ2) is 12.2. The largest absolute Gasteiger partial charge is 0.378 e. The van der Waals surface area contributed by atoms with Gasteiger partial charge in [0, 0.05) is 39.0 Å². The zero-order valence-corrected chi connectivity index (χ0v) is 24.1. The van der Waals surface area contributed by atoms with Crippen molar-refractivity contribution in [3.8, 4) is 0 Å². The molecule has 2 aromatic carbocycles. The van der Waals surface area contributed by atoms with Crippen LogP contribution in [0.4, 0.5) is 9.59 Å². The second-order valence-corrected chi connectivity index (χ2v) is 13.0. The average molecular weight is 584 g/mol. The number of hydrogen-bond donors (Lipinski definition) is 2. The van der Waals surface area contributed by atoms with E-state index < -0.39 is 21.4 Å². The van der Waals surface area contributed by atoms with Crippen molar-refractivity contribution in [2.75, 3.05) is 52.2 Å². The molecule has 2 aromatic rings. The highest BCUT2D eigenvalue weighted by Crippen LogP contribution is 2.31. The molecule has 3 aliphatic heterocycles. The average Bonchev–Trinajstić information content (AvgIpc) is 3.20. The molecule has 5 rings (SSSR count). The van der Waals surface area contributed by atoms with E-state index in [-0.39, 0.29) is 29.4 Å². The van der Waals surface area contributed by atoms with Crippen LogP contribution in [0.1, 0.15) is 36.4 Å². The first-order valence-electron chi connectivity index (χ1n) is 14.0. The summed E-state index contributed by atoms with van der Waals surface area (Å²) in [6.07, 6.45) is 2.84. The fourth-order valence-electron chi connectivity index (χ4n) is 5.67. The number of hydrogen-bond acceptors (Lipinski definition) is 7. The topological polar surface area (TPSA) is 128 Å². The molecule has 0 radical (unpaired) electrons. The van der Waals surface area contributed by atoms with Crippen molar-refractivity contribution >= 4 is 27.8 Å². The second-order valence-electron chi connectivity index (χ2n) is 11.0. The summed E-state index contributed by atoms with van der Waals surface area (Å²) < 4.78 is 28.8. The molecule has 3 aliphatic rings. The van der Waals surface area contributed by atoms with E-state index in [1.165, 1.54) is 17.0 Å². The van der Waals surface area contributed by atoms with Crippen molar-refractivity contribution in [2.45, 2.75) is 42.3 Å². The minimum absolute atomic E-state index is 0.0851. The molecule has 0 aliphatic carbocycles. The zero-order valence-electron chi connectivity index (χ0n) is 23.3. The van der Waals surface area contributed by atoms with Gasteiger partial charge in [-0.25, -0.2) is 18.0 Å². The number of piperidine rings is 1. The number of ether oxygens (including phenoxy) is 1. The Kier molecular flexibility index (Phi) is 8.62. The van der Waals surface area contributed by atoms with Crippen LogP contribution in [0.2, 0.25) is 0 Å². The Labute approximate surface area is 240 Å². The van der Waals surface area contributed by atoms with Crippen molar-refractivity contribution in [3.05, 3.63) is 65.7 Å². The van der Waals surface area contributed by atoms with Gasteiger partial charge in [0.2, 0.25) is 0 Å². The maximum Gasteiger partial charge on any atom is 0.325 e. The van der Waals surface area contributed by atoms with Crippen LogP contribution in [0.25, 0.3) is 0 Å². The van der Waals surface area contributed by atoms with Crippen LogP contribution in [0.3, 0.4) is 0 Å². The quantitative estimate of drug-likeness (QED) is 0.456. The summed E-state index contributed by atoms with van der Waals surface area (Å²) >= 11 is 0. The molecular formula is C29H37N5O6S. The van der Waals surface area contributed by atoms with Gasteiger partial charge < -0.3 is 25.2 Å². The molecule has 41 heavy (non-hydrogen) atoms. The Morgan fingerprint density at radius 1 is 1.00 bits per heavy atom. The van der Waals surface area contributed by atoms with Crippen molar-refractivity contribution in [1.82, 2.24) is 25.3 Å². The Morgan fingerprint density at radius 2 is 1.66 bits per heavy atom. The lowest BCUT2D eigenvalue weighted by Crippen LogP contribution is -2.55. The maximum atomic E-state index is 13.4. The van der Waals surface area contributed by atoms with Gasteiger partial charge in [-0.15, -0.1) is 0 Å². The highest BCUT2D eigenvalue weighted by atomic mass is 32.2. The lowest BCUT2D eigenvalue weighted by Gasteiger charge is -2.38. The first kappa shape index (κ1) is 29.0. The summed E-state index contributed by atoms with van der Waals surface area (Å²) in [5.41, 5.74) is 0.798. The molecule has 2 N–H and O–H groups in total. The third-order valence-electron chi connectivity index (χ3n) is 8.18. The Morgan fingerprint density at radius 3 is 2.29 bits per heavy atom. The fourth-order valence-corrected chi connectivity index (χ4v) is 6.30. The number of nitrogens with one attached hydrogen (secondary N) is 2. The highest BCUT2D eigenvalue weighted by Gasteiger charge is 2.52. The fraction of sp³-hybridized carbons (Fsp3) is 0.483. The van der Waals surface area contributed by atoms with E-state index in [0.29, 0.717) is 64.2 Å². The predicted molar refractivity (Wildman–Crippen MR) is 152 cm³/mol. The SMILES string of the molecule is CS(=O)(=O)c1ccc(CN2C(=O)NC3(CCN(CC[C@H](NC(=O)N4CCOCC4)c4ccccc4)CC3)C2=O)cc1. The molecular weight excluding hydrogens is 546 g/mol. The minimum Gasteiger partial charge on any atom is -0.378 e. The van der Waals surface area contributed by atoms with Gasteiger partial charge in [0.1, 0.15) is 5.54 Å². The number of rotatable bonds is 8. The lowest BCUT2D eigenvalue weighted by molar-refractivity contribution is -0.133. The highest BCUT2D eigenvalue weighted by molar-refractivity contribution is 7.90. The van der Waals surface area contributed by atoms with Crippen LogP contribution in [-0.2, 0) is 25.9 Å². The number of amides is 5. The normalized spacial score (nSPS) is 20.2. The van der Waals surface area contributed by atoms with E-state index in [1.807, 2.05) is 30.3 Å². The number of nitrogens with zero attached hydrogens (tertiary/aromatic N) is 3. The standard InChI is InChI=1S/C29H37N5O6S/c1-41(38,39)24-9-7-22(8-10-24)21-34-26(35)29(31-28(34)37)12-15-32(16-13-29)14-11-25(23-5-3-2-4-6-23)30-27(36)33-17-19-40-20-18-33/h2-10,25H,11-21H2,1H3,(H,30,36)(H,31,37)/t25-/m0/s1. The van der Waals surface area contributed by atoms with Crippen molar-refractivity contribution < 1.29 is 27.5 Å². The van der Waals surface area contributed by atoms with Crippen LogP contribution in [0.5, 0.6) is 0 Å². The number of carbonyl (C=O) groups is 3. The summed E-state index contributed by atoms with van der Waals surface area (Å²) in [4.78, 5) is 44.6. The molecule has 5 amide bonds. The summed E-state index contributed by atoms with van der Waals surface area (Å²) in [7, 11) is -3.33. The van der Waals surface area contributed by atoms with Gasteiger partial charge in [0.05, 0.1) is 30.7 Å². The number of sulfone groups is 1. The minimum atomic E-state index is -3.33. The summed E-state index contributed by atoms with van der Waals surface area (Å²) in [6, 6.07) is 15.5. The number of benzene rings is 2. The van der Waals surface area contributed by atoms with Crippen molar-refractivity contribution in [3.63, 3.8) is 0 Å². The molecule has 1 spiro atoms. The number of likely N-dealkylation sites (tertiary alicyclic amines) is 1. The van der Waals surface area contributed by atoms with Crippen LogP contribution in [0, 0.1) is 0 Å². The third kappa shape index (κ3) is 6.71. The first-order chi connectivity index (χ1) is 19.6. The molecule has 1 atom stereocenters. The maximum absolute atomic E-state index is 13.4. The molecule has 3 heterocycles. The Balaban J connectivity index is 1.17. The molecule has 3 saturated heterocycles. The molecule has 220 valence electrons. The van der Waals surface area contributed by atoms with Gasteiger partial charge in [0.15, 0.2) is 9.84 Å². The van der Waals surface area contributed by atoms with Gasteiger partial charge in [-0.05, 0) is 42.5 Å². The Bertz CT molecular complexity index is 1350. The van der Waals surface area contributed by atoms with Gasteiger partial charge in [-0.3, -0.25) is 9.69 Å².